The third-order valence-corrected chi connectivity index (χ3v) is 8.95. The van der Waals surface area contributed by atoms with Crippen molar-refractivity contribution in [3.8, 4) is 5.75 Å². The van der Waals surface area contributed by atoms with Crippen molar-refractivity contribution in [3.05, 3.63) is 101 Å². The van der Waals surface area contributed by atoms with E-state index in [-0.39, 0.29) is 23.5 Å². The Balaban J connectivity index is 1.34. The molecule has 2 aliphatic rings. The van der Waals surface area contributed by atoms with Crippen LogP contribution in [0.4, 0.5) is 10.1 Å². The van der Waals surface area contributed by atoms with Crippen molar-refractivity contribution < 1.29 is 13.9 Å². The molecule has 0 atom stereocenters. The highest BCUT2D eigenvalue weighted by Gasteiger charge is 2.38. The fraction of sp³-hybridized carbons (Fsp3) is 0.294. The van der Waals surface area contributed by atoms with Gasteiger partial charge < -0.3 is 9.30 Å². The first-order valence-corrected chi connectivity index (χ1v) is 15.2. The number of hydrogen-bond acceptors (Lipinski definition) is 4. The number of halogens is 1. The van der Waals surface area contributed by atoms with E-state index in [9.17, 15) is 9.18 Å². The lowest BCUT2D eigenvalue weighted by Crippen LogP contribution is -2.39. The Labute approximate surface area is 244 Å². The van der Waals surface area contributed by atoms with E-state index < -0.39 is 0 Å². The first-order chi connectivity index (χ1) is 20.1. The highest BCUT2D eigenvalue weighted by atomic mass is 32.2. The minimum Gasteiger partial charge on any atom is -0.489 e. The molecule has 4 aromatic rings. The Morgan fingerprint density at radius 2 is 1.66 bits per heavy atom. The largest absolute Gasteiger partial charge is 0.489 e. The average molecular weight is 568 g/mol. The van der Waals surface area contributed by atoms with Gasteiger partial charge >= 0.3 is 0 Å². The Bertz CT molecular complexity index is 1600. The molecule has 1 aliphatic carbocycles. The van der Waals surface area contributed by atoms with Crippen molar-refractivity contribution >= 4 is 45.5 Å². The van der Waals surface area contributed by atoms with Gasteiger partial charge in [0.15, 0.2) is 16.7 Å². The summed E-state index contributed by atoms with van der Waals surface area (Å²) in [5.41, 5.74) is 3.97. The summed E-state index contributed by atoms with van der Waals surface area (Å²) in [6.45, 7) is 2.95. The smallest absolute Gasteiger partial charge is 0.267 e. The quantitative estimate of drug-likeness (QED) is 0.166. The van der Waals surface area contributed by atoms with Crippen LogP contribution in [0.15, 0.2) is 88.8 Å². The topological polar surface area (TPSA) is 46.8 Å². The molecule has 3 aromatic carbocycles. The van der Waals surface area contributed by atoms with Gasteiger partial charge in [-0.15, -0.1) is 0 Å². The number of rotatable bonds is 7. The van der Waals surface area contributed by atoms with Crippen molar-refractivity contribution in [3.63, 3.8) is 0 Å². The number of aliphatic imine (C=N–C) groups is 1. The van der Waals surface area contributed by atoms with Gasteiger partial charge in [-0.2, -0.15) is 0 Å². The first kappa shape index (κ1) is 27.3. The number of amides is 1. The number of benzene rings is 3. The molecule has 0 spiro atoms. The number of hydrogen-bond donors (Lipinski definition) is 0. The number of ether oxygens (including phenoxy) is 1. The first-order valence-electron chi connectivity index (χ1n) is 14.4. The summed E-state index contributed by atoms with van der Waals surface area (Å²) in [5.74, 6) is -0.0774. The van der Waals surface area contributed by atoms with E-state index >= 15 is 0 Å². The fourth-order valence-corrected chi connectivity index (χ4v) is 6.92. The van der Waals surface area contributed by atoms with Crippen LogP contribution in [0.5, 0.6) is 5.75 Å². The van der Waals surface area contributed by atoms with Crippen molar-refractivity contribution in [1.29, 1.82) is 0 Å². The zero-order valence-corrected chi connectivity index (χ0v) is 24.1. The summed E-state index contributed by atoms with van der Waals surface area (Å²) in [7, 11) is 0. The molecule has 7 heteroatoms. The van der Waals surface area contributed by atoms with Crippen LogP contribution in [0.1, 0.15) is 49.8 Å². The number of amidine groups is 1. The van der Waals surface area contributed by atoms with Crippen molar-refractivity contribution in [2.24, 2.45) is 4.99 Å². The molecule has 1 amide bonds. The van der Waals surface area contributed by atoms with Crippen LogP contribution in [0.3, 0.4) is 0 Å². The normalized spacial score (nSPS) is 18.5. The maximum Gasteiger partial charge on any atom is 0.267 e. The van der Waals surface area contributed by atoms with Gasteiger partial charge in [0.1, 0.15) is 6.61 Å². The number of fused-ring (bicyclic) bond motifs is 1. The number of carbonyl (C=O) groups excluding carboxylic acids is 1. The van der Waals surface area contributed by atoms with Crippen LogP contribution >= 0.6 is 11.8 Å². The highest BCUT2D eigenvalue weighted by molar-refractivity contribution is 8.18. The molecule has 0 unspecified atom stereocenters. The summed E-state index contributed by atoms with van der Waals surface area (Å²) in [6.07, 6.45) is 8.77. The van der Waals surface area contributed by atoms with Crippen LogP contribution in [0, 0.1) is 12.7 Å². The summed E-state index contributed by atoms with van der Waals surface area (Å²) in [4.78, 5) is 21.6. The number of para-hydroxylation sites is 3. The van der Waals surface area contributed by atoms with Gasteiger partial charge in [-0.25, -0.2) is 9.38 Å². The SMILES string of the molecule is Cc1c(/C=C2\SC(=Nc3ccccc3)N(C3CCCCCC3)C2=O)c2ccccc2n1CCOc1ccccc1F. The highest BCUT2D eigenvalue weighted by Crippen LogP contribution is 2.40. The Kier molecular flexibility index (Phi) is 8.23. The van der Waals surface area contributed by atoms with Crippen LogP contribution in [0.2, 0.25) is 0 Å². The molecule has 0 bridgehead atoms. The molecule has 6 rings (SSSR count). The molecule has 1 saturated heterocycles. The molecule has 2 heterocycles. The van der Waals surface area contributed by atoms with E-state index in [1.807, 2.05) is 53.4 Å². The Morgan fingerprint density at radius 1 is 0.951 bits per heavy atom. The summed E-state index contributed by atoms with van der Waals surface area (Å²) in [5, 5.41) is 1.84. The molecule has 210 valence electrons. The molecule has 5 nitrogen and oxygen atoms in total. The minimum atomic E-state index is -0.366. The van der Waals surface area contributed by atoms with Crippen LogP contribution < -0.4 is 4.74 Å². The van der Waals surface area contributed by atoms with Gasteiger partial charge in [0.2, 0.25) is 0 Å². The Hall–Kier alpha value is -3.84. The zero-order valence-electron chi connectivity index (χ0n) is 23.3. The molecule has 1 aliphatic heterocycles. The second kappa shape index (κ2) is 12.4. The predicted molar refractivity (Wildman–Crippen MR) is 166 cm³/mol. The third-order valence-electron chi connectivity index (χ3n) is 7.97. The summed E-state index contributed by atoms with van der Waals surface area (Å²) in [6, 6.07) is 24.7. The lowest BCUT2D eigenvalue weighted by molar-refractivity contribution is -0.123. The second-order valence-electron chi connectivity index (χ2n) is 10.6. The molecule has 41 heavy (non-hydrogen) atoms. The molecule has 1 saturated carbocycles. The molecule has 0 N–H and O–H groups in total. The van der Waals surface area contributed by atoms with Crippen LogP contribution in [-0.2, 0) is 11.3 Å². The fourth-order valence-electron chi connectivity index (χ4n) is 5.88. The molecular formula is C34H34FN3O2S. The van der Waals surface area contributed by atoms with Crippen LogP contribution in [-0.4, -0.2) is 33.2 Å². The van der Waals surface area contributed by atoms with Gasteiger partial charge in [-0.05, 0) is 67.9 Å². The van der Waals surface area contributed by atoms with Crippen LogP contribution in [0.25, 0.3) is 17.0 Å². The van der Waals surface area contributed by atoms with E-state index in [0.29, 0.717) is 18.1 Å². The number of thioether (sulfide) groups is 1. The average Bonchev–Trinajstić information content (AvgIpc) is 3.26. The van der Waals surface area contributed by atoms with E-state index in [1.165, 1.54) is 30.7 Å². The molecule has 1 aromatic heterocycles. The van der Waals surface area contributed by atoms with Gasteiger partial charge in [0.05, 0.1) is 17.1 Å². The van der Waals surface area contributed by atoms with Gasteiger partial charge in [0.25, 0.3) is 5.91 Å². The van der Waals surface area contributed by atoms with Gasteiger partial charge in [0, 0.05) is 28.2 Å². The number of carbonyl (C=O) groups is 1. The molecule has 2 fully saturated rings. The van der Waals surface area contributed by atoms with E-state index in [4.69, 9.17) is 9.73 Å². The van der Waals surface area contributed by atoms with Crippen molar-refractivity contribution in [1.82, 2.24) is 9.47 Å². The summed E-state index contributed by atoms with van der Waals surface area (Å²) < 4.78 is 22.0. The van der Waals surface area contributed by atoms with Gasteiger partial charge in [-0.3, -0.25) is 9.69 Å². The second-order valence-corrected chi connectivity index (χ2v) is 11.6. The number of nitrogens with zero attached hydrogens (tertiary/aromatic N) is 3. The predicted octanol–water partition coefficient (Wildman–Crippen LogP) is 8.49. The molecular weight excluding hydrogens is 533 g/mol. The Morgan fingerprint density at radius 3 is 2.44 bits per heavy atom. The maximum atomic E-state index is 14.1. The standard InChI is InChI=1S/C34H34FN3O2S/c1-24-28(27-17-9-11-19-30(27)37(24)21-22-40-31-20-12-10-18-29(31)35)23-32-33(39)38(26-15-7-2-3-8-16-26)34(41-32)36-25-13-5-4-6-14-25/h4-6,9-14,17-20,23,26H,2-3,7-8,15-16,21-22H2,1H3/b32-23-,36-34?. The van der Waals surface area contributed by atoms with E-state index in [1.54, 1.807) is 18.2 Å². The summed E-state index contributed by atoms with van der Waals surface area (Å²) >= 11 is 1.47. The molecule has 0 radical (unpaired) electrons. The number of aromatic nitrogens is 1. The lowest BCUT2D eigenvalue weighted by Gasteiger charge is -2.26. The maximum absolute atomic E-state index is 14.1. The monoisotopic (exact) mass is 567 g/mol. The zero-order chi connectivity index (χ0) is 28.2. The van der Waals surface area contributed by atoms with E-state index in [2.05, 4.69) is 23.6 Å². The van der Waals surface area contributed by atoms with E-state index in [0.717, 1.165) is 58.7 Å². The van der Waals surface area contributed by atoms with Crippen molar-refractivity contribution in [2.75, 3.05) is 6.61 Å². The lowest BCUT2D eigenvalue weighted by atomic mass is 10.1. The van der Waals surface area contributed by atoms with Crippen molar-refractivity contribution in [2.45, 2.75) is 58.0 Å². The van der Waals surface area contributed by atoms with Gasteiger partial charge in [-0.1, -0.05) is 74.2 Å². The third kappa shape index (κ3) is 5.82. The minimum absolute atomic E-state index is 0.0377.